The Labute approximate surface area is 310 Å². The molecular weight excluding hydrogens is 635 g/mol. The van der Waals surface area contributed by atoms with E-state index in [1.165, 1.54) is 31.0 Å². The van der Waals surface area contributed by atoms with Gasteiger partial charge in [0.2, 0.25) is 0 Å². The number of ether oxygens (including phenoxy) is 1. The fraction of sp³-hybridized carbons (Fsp3) is 0.535. The van der Waals surface area contributed by atoms with Gasteiger partial charge in [-0.1, -0.05) is 108 Å². The largest absolute Gasteiger partial charge is 0.381 e. The molecule has 1 aromatic heterocycles. The number of nitrogens with one attached hydrogen (secondary N) is 1. The molecule has 2 aromatic carbocycles. The van der Waals surface area contributed by atoms with E-state index in [-0.39, 0.29) is 0 Å². The van der Waals surface area contributed by atoms with Crippen molar-refractivity contribution in [1.82, 2.24) is 15.3 Å². The van der Waals surface area contributed by atoms with Gasteiger partial charge in [0.1, 0.15) is 6.29 Å². The van der Waals surface area contributed by atoms with Gasteiger partial charge in [0.05, 0.1) is 28.8 Å². The molecule has 0 atom stereocenters. The maximum atomic E-state index is 10.4. The SMILES string of the molecule is C/C=C\N=C(CC)C(C)=N/C(=C\C)c1ccc2cnn(CCCCCCC=O)c2c1.CCCCOCCC.CNO.Cc1ccc(C(C)C)cc1. The molecule has 0 fully saturated rings. The minimum Gasteiger partial charge on any atom is -0.381 e. The highest BCUT2D eigenvalue weighted by atomic mass is 16.5. The maximum Gasteiger partial charge on any atom is 0.119 e. The van der Waals surface area contributed by atoms with E-state index in [1.807, 2.05) is 45.3 Å². The fourth-order valence-corrected chi connectivity index (χ4v) is 4.84. The van der Waals surface area contributed by atoms with Gasteiger partial charge in [-0.05, 0) is 77.3 Å². The van der Waals surface area contributed by atoms with Crippen molar-refractivity contribution in [2.45, 2.75) is 133 Å². The minimum absolute atomic E-state index is 0.653. The van der Waals surface area contributed by atoms with Crippen LogP contribution in [0.4, 0.5) is 0 Å². The smallest absolute Gasteiger partial charge is 0.119 e. The molecule has 0 amide bonds. The number of unbranched alkanes of at least 4 members (excludes halogenated alkanes) is 5. The monoisotopic (exact) mass is 704 g/mol. The summed E-state index contributed by atoms with van der Waals surface area (Å²) in [6, 6.07) is 15.1. The highest BCUT2D eigenvalue weighted by Gasteiger charge is 2.08. The Hall–Kier alpha value is -3.72. The molecule has 51 heavy (non-hydrogen) atoms. The zero-order chi connectivity index (χ0) is 38.3. The van der Waals surface area contributed by atoms with E-state index >= 15 is 0 Å². The van der Waals surface area contributed by atoms with Crippen LogP contribution in [0.2, 0.25) is 0 Å². The molecule has 2 N–H and O–H groups in total. The topological polar surface area (TPSA) is 101 Å². The number of hydrogen-bond donors (Lipinski definition) is 2. The highest BCUT2D eigenvalue weighted by molar-refractivity contribution is 6.42. The van der Waals surface area contributed by atoms with Crippen LogP contribution in [0.25, 0.3) is 16.6 Å². The third kappa shape index (κ3) is 21.3. The van der Waals surface area contributed by atoms with Crippen molar-refractivity contribution in [3.05, 3.63) is 83.7 Å². The summed E-state index contributed by atoms with van der Waals surface area (Å²) in [6.45, 7) is 21.7. The molecule has 8 heteroatoms. The van der Waals surface area contributed by atoms with Gasteiger partial charge in [-0.25, -0.2) is 5.48 Å². The second kappa shape index (κ2) is 31.1. The molecule has 3 aromatic rings. The predicted octanol–water partition coefficient (Wildman–Crippen LogP) is 11.3. The molecule has 0 spiro atoms. The van der Waals surface area contributed by atoms with E-state index in [0.29, 0.717) is 12.3 Å². The lowest BCUT2D eigenvalue weighted by Crippen LogP contribution is -2.09. The van der Waals surface area contributed by atoms with E-state index in [2.05, 4.69) is 98.8 Å². The Bertz CT molecular complexity index is 1430. The number of aldehydes is 1. The van der Waals surface area contributed by atoms with Crippen molar-refractivity contribution in [3.63, 3.8) is 0 Å². The Kier molecular flexibility index (Phi) is 28.8. The fourth-order valence-electron chi connectivity index (χ4n) is 4.84. The number of fused-ring (bicyclic) bond motifs is 1. The average molecular weight is 704 g/mol. The quantitative estimate of drug-likeness (QED) is 0.0594. The van der Waals surface area contributed by atoms with Crippen molar-refractivity contribution in [2.75, 3.05) is 20.3 Å². The number of carbonyl (C=O) groups excluding carboxylic acids is 1. The van der Waals surface area contributed by atoms with Crippen LogP contribution in [-0.4, -0.2) is 53.0 Å². The number of rotatable bonds is 18. The molecule has 0 radical (unpaired) electrons. The van der Waals surface area contributed by atoms with Crippen LogP contribution >= 0.6 is 0 Å². The third-order valence-electron chi connectivity index (χ3n) is 7.81. The van der Waals surface area contributed by atoms with Crippen LogP contribution in [0.3, 0.4) is 0 Å². The lowest BCUT2D eigenvalue weighted by molar-refractivity contribution is -0.107. The summed E-state index contributed by atoms with van der Waals surface area (Å²) in [5, 5.41) is 13.0. The first kappa shape index (κ1) is 47.3. The van der Waals surface area contributed by atoms with Gasteiger partial charge < -0.3 is 14.7 Å². The first-order chi connectivity index (χ1) is 24.7. The summed E-state index contributed by atoms with van der Waals surface area (Å²) in [6.07, 6.45) is 18.1. The molecule has 0 aliphatic rings. The van der Waals surface area contributed by atoms with Gasteiger partial charge in [-0.15, -0.1) is 0 Å². The van der Waals surface area contributed by atoms with Crippen molar-refractivity contribution in [3.8, 4) is 0 Å². The van der Waals surface area contributed by atoms with Gasteiger partial charge in [-0.2, -0.15) is 5.10 Å². The summed E-state index contributed by atoms with van der Waals surface area (Å²) in [5.74, 6) is 0.653. The van der Waals surface area contributed by atoms with Crippen molar-refractivity contribution >= 4 is 34.3 Å². The van der Waals surface area contributed by atoms with Gasteiger partial charge >= 0.3 is 0 Å². The maximum absolute atomic E-state index is 10.4. The second-order valence-corrected chi connectivity index (χ2v) is 12.5. The Morgan fingerprint density at radius 2 is 1.67 bits per heavy atom. The summed E-state index contributed by atoms with van der Waals surface area (Å²) in [4.78, 5) is 19.8. The number of aryl methyl sites for hydroxylation is 2. The first-order valence-electron chi connectivity index (χ1n) is 18.9. The zero-order valence-corrected chi connectivity index (χ0v) is 33.5. The molecule has 0 unspecified atom stereocenters. The number of benzene rings is 2. The van der Waals surface area contributed by atoms with Crippen molar-refractivity contribution in [2.24, 2.45) is 9.98 Å². The van der Waals surface area contributed by atoms with Crippen LogP contribution in [0.5, 0.6) is 0 Å². The Balaban J connectivity index is 0.000000962. The normalized spacial score (nSPS) is 11.9. The van der Waals surface area contributed by atoms with Gasteiger partial charge in [0.25, 0.3) is 0 Å². The number of aromatic nitrogens is 2. The standard InChI is InChI=1S/C25H34N4O.C10H14.C7H16O.CH5NO/c1-5-15-26-23(6-2)20(4)28-24(7-3)21-13-14-22-19-27-29(25(22)18-21)16-11-9-8-10-12-17-30;1-8(2)10-6-4-9(3)5-7-10;1-3-5-7-8-6-4-2;1-2-3/h5,7,13-15,17-19H,6,8-12,16H2,1-4H3;4-8H,1-3H3;3-7H2,1-2H3;2-3H,1H3/b15-5-,24-7-,26-23?,28-20?;;;. The van der Waals surface area contributed by atoms with E-state index < -0.39 is 0 Å². The number of hydrogen-bond acceptors (Lipinski definition) is 7. The summed E-state index contributed by atoms with van der Waals surface area (Å²) in [5.41, 5.74) is 9.60. The van der Waals surface area contributed by atoms with E-state index in [9.17, 15) is 4.79 Å². The predicted molar refractivity (Wildman–Crippen MR) is 220 cm³/mol. The molecule has 0 aliphatic carbocycles. The number of nitrogens with zero attached hydrogens (tertiary/aromatic N) is 4. The lowest BCUT2D eigenvalue weighted by atomic mass is 10.0. The number of allylic oxidation sites excluding steroid dienone is 2. The summed E-state index contributed by atoms with van der Waals surface area (Å²) < 4.78 is 7.30. The summed E-state index contributed by atoms with van der Waals surface area (Å²) >= 11 is 0. The Morgan fingerprint density at radius 3 is 2.24 bits per heavy atom. The first-order valence-corrected chi connectivity index (χ1v) is 18.9. The molecule has 0 saturated heterocycles. The highest BCUT2D eigenvalue weighted by Crippen LogP contribution is 2.23. The molecule has 3 rings (SSSR count). The van der Waals surface area contributed by atoms with Crippen LogP contribution < -0.4 is 5.48 Å². The van der Waals surface area contributed by atoms with Crippen molar-refractivity contribution < 1.29 is 14.7 Å². The van der Waals surface area contributed by atoms with Crippen LogP contribution in [0.15, 0.2) is 77.0 Å². The number of aliphatic imine (C=N–C) groups is 2. The lowest BCUT2D eigenvalue weighted by Gasteiger charge is -2.08. The van der Waals surface area contributed by atoms with Gasteiger partial charge in [0.15, 0.2) is 0 Å². The molecule has 284 valence electrons. The molecule has 0 aliphatic heterocycles. The zero-order valence-electron chi connectivity index (χ0n) is 33.5. The molecule has 0 saturated carbocycles. The van der Waals surface area contributed by atoms with Crippen LogP contribution in [0, 0.1) is 6.92 Å². The van der Waals surface area contributed by atoms with Gasteiger partial charge in [-0.3, -0.25) is 14.7 Å². The molecule has 1 heterocycles. The number of carbonyl (C=O) groups is 1. The van der Waals surface area contributed by atoms with E-state index in [4.69, 9.17) is 14.9 Å². The molecular formula is C43H69N5O3. The van der Waals surface area contributed by atoms with Crippen LogP contribution in [0.1, 0.15) is 136 Å². The Morgan fingerprint density at radius 1 is 0.980 bits per heavy atom. The molecule has 0 bridgehead atoms. The average Bonchev–Trinajstić information content (AvgIpc) is 3.54. The molecule has 8 nitrogen and oxygen atoms in total. The van der Waals surface area contributed by atoms with Gasteiger partial charge in [0, 0.05) is 50.4 Å². The number of hydroxylamine groups is 1. The van der Waals surface area contributed by atoms with Crippen LogP contribution in [-0.2, 0) is 16.1 Å². The van der Waals surface area contributed by atoms with E-state index in [1.54, 1.807) is 5.48 Å². The van der Waals surface area contributed by atoms with E-state index in [0.717, 1.165) is 98.2 Å². The third-order valence-corrected chi connectivity index (χ3v) is 7.81. The summed E-state index contributed by atoms with van der Waals surface area (Å²) in [7, 11) is 1.43. The van der Waals surface area contributed by atoms with Crippen molar-refractivity contribution in [1.29, 1.82) is 0 Å². The second-order valence-electron chi connectivity index (χ2n) is 12.5. The minimum atomic E-state index is 0.653.